The number of nitrogens with one attached hydrogen (secondary N) is 2. The molecule has 0 aliphatic carbocycles. The van der Waals surface area contributed by atoms with Gasteiger partial charge >= 0.3 is 0 Å². The second kappa shape index (κ2) is 4.85. The smallest absolute Gasteiger partial charge is 0.257 e. The standard InChI is InChI=1S/C17H16N2O/c1-11-6-7-15(12(2)10-11)19-17(20)14-5-3-4-13-8-9-18-16(13)14/h3-10,18H,1-2H3,(H,19,20). The minimum absolute atomic E-state index is 0.0926. The number of fused-ring (bicyclic) bond motifs is 1. The van der Waals surface area contributed by atoms with Crippen molar-refractivity contribution < 1.29 is 4.79 Å². The molecule has 0 atom stereocenters. The Morgan fingerprint density at radius 2 is 1.95 bits per heavy atom. The van der Waals surface area contributed by atoms with E-state index in [1.54, 1.807) is 0 Å². The van der Waals surface area contributed by atoms with E-state index in [4.69, 9.17) is 0 Å². The minimum Gasteiger partial charge on any atom is -0.361 e. The molecule has 3 aromatic rings. The lowest BCUT2D eigenvalue weighted by atomic mass is 10.1. The van der Waals surface area contributed by atoms with Gasteiger partial charge in [0.25, 0.3) is 5.91 Å². The van der Waals surface area contributed by atoms with Crippen LogP contribution in [0.3, 0.4) is 0 Å². The number of benzene rings is 2. The zero-order valence-electron chi connectivity index (χ0n) is 11.5. The molecule has 0 aliphatic heterocycles. The van der Waals surface area contributed by atoms with Crippen molar-refractivity contribution >= 4 is 22.5 Å². The summed E-state index contributed by atoms with van der Waals surface area (Å²) < 4.78 is 0. The second-order valence-corrected chi connectivity index (χ2v) is 5.02. The molecule has 0 radical (unpaired) electrons. The van der Waals surface area contributed by atoms with Crippen LogP contribution in [0.4, 0.5) is 5.69 Å². The molecule has 0 saturated carbocycles. The highest BCUT2D eigenvalue weighted by atomic mass is 16.1. The molecule has 0 spiro atoms. The summed E-state index contributed by atoms with van der Waals surface area (Å²) in [4.78, 5) is 15.5. The minimum atomic E-state index is -0.0926. The molecule has 0 unspecified atom stereocenters. The number of rotatable bonds is 2. The predicted octanol–water partition coefficient (Wildman–Crippen LogP) is 4.04. The van der Waals surface area contributed by atoms with Gasteiger partial charge in [0.15, 0.2) is 0 Å². The average molecular weight is 264 g/mol. The van der Waals surface area contributed by atoms with Crippen LogP contribution in [-0.4, -0.2) is 10.9 Å². The van der Waals surface area contributed by atoms with E-state index in [0.717, 1.165) is 22.2 Å². The van der Waals surface area contributed by atoms with Gasteiger partial charge < -0.3 is 10.3 Å². The number of carbonyl (C=O) groups is 1. The highest BCUT2D eigenvalue weighted by Crippen LogP contribution is 2.20. The normalized spacial score (nSPS) is 10.7. The number of hydrogen-bond acceptors (Lipinski definition) is 1. The molecule has 20 heavy (non-hydrogen) atoms. The van der Waals surface area contributed by atoms with Gasteiger partial charge in [-0.15, -0.1) is 0 Å². The number of hydrogen-bond donors (Lipinski definition) is 2. The SMILES string of the molecule is Cc1ccc(NC(=O)c2cccc3cc[nH]c23)c(C)c1. The lowest BCUT2D eigenvalue weighted by molar-refractivity contribution is 0.102. The van der Waals surface area contributed by atoms with Gasteiger partial charge in [0.2, 0.25) is 0 Å². The summed E-state index contributed by atoms with van der Waals surface area (Å²) in [7, 11) is 0. The molecule has 100 valence electrons. The molecule has 2 N–H and O–H groups in total. The third kappa shape index (κ3) is 2.18. The zero-order chi connectivity index (χ0) is 14.1. The fraction of sp³-hybridized carbons (Fsp3) is 0.118. The van der Waals surface area contributed by atoms with Gasteiger partial charge in [-0.05, 0) is 37.6 Å². The van der Waals surface area contributed by atoms with Crippen LogP contribution in [0.5, 0.6) is 0 Å². The number of anilines is 1. The first-order valence-corrected chi connectivity index (χ1v) is 6.60. The molecule has 0 aliphatic rings. The number of aromatic amines is 1. The Morgan fingerprint density at radius 1 is 1.10 bits per heavy atom. The van der Waals surface area contributed by atoms with Crippen molar-refractivity contribution in [3.63, 3.8) is 0 Å². The topological polar surface area (TPSA) is 44.9 Å². The van der Waals surface area contributed by atoms with Crippen LogP contribution in [0.1, 0.15) is 21.5 Å². The third-order valence-electron chi connectivity index (χ3n) is 3.46. The molecule has 0 saturated heterocycles. The van der Waals surface area contributed by atoms with Crippen LogP contribution in [0.15, 0.2) is 48.7 Å². The number of aromatic nitrogens is 1. The molecular formula is C17H16N2O. The summed E-state index contributed by atoms with van der Waals surface area (Å²) in [5.74, 6) is -0.0926. The summed E-state index contributed by atoms with van der Waals surface area (Å²) in [5, 5.41) is 4.02. The van der Waals surface area contributed by atoms with Crippen LogP contribution in [0.2, 0.25) is 0 Å². The second-order valence-electron chi connectivity index (χ2n) is 5.02. The molecule has 0 bridgehead atoms. The van der Waals surface area contributed by atoms with Crippen LogP contribution >= 0.6 is 0 Å². The number of carbonyl (C=O) groups excluding carboxylic acids is 1. The molecule has 1 aromatic heterocycles. The Kier molecular flexibility index (Phi) is 3.03. The van der Waals surface area contributed by atoms with E-state index in [9.17, 15) is 4.79 Å². The van der Waals surface area contributed by atoms with E-state index >= 15 is 0 Å². The number of amides is 1. The van der Waals surface area contributed by atoms with Gasteiger partial charge in [0.05, 0.1) is 11.1 Å². The maximum Gasteiger partial charge on any atom is 0.257 e. The average Bonchev–Trinajstić information content (AvgIpc) is 2.90. The monoisotopic (exact) mass is 264 g/mol. The van der Waals surface area contributed by atoms with Crippen molar-refractivity contribution in [3.8, 4) is 0 Å². The largest absolute Gasteiger partial charge is 0.361 e. The molecular weight excluding hydrogens is 248 g/mol. The predicted molar refractivity (Wildman–Crippen MR) is 82.2 cm³/mol. The van der Waals surface area contributed by atoms with E-state index < -0.39 is 0 Å². The van der Waals surface area contributed by atoms with Crippen LogP contribution in [0, 0.1) is 13.8 Å². The Morgan fingerprint density at radius 3 is 2.75 bits per heavy atom. The van der Waals surface area contributed by atoms with Gasteiger partial charge in [-0.25, -0.2) is 0 Å². The molecule has 3 rings (SSSR count). The molecule has 3 nitrogen and oxygen atoms in total. The number of aryl methyl sites for hydroxylation is 2. The Balaban J connectivity index is 1.95. The molecule has 1 amide bonds. The molecule has 0 fully saturated rings. The summed E-state index contributed by atoms with van der Waals surface area (Å²) in [6.07, 6.45) is 1.85. The van der Waals surface area contributed by atoms with Gasteiger partial charge in [0, 0.05) is 17.3 Å². The summed E-state index contributed by atoms with van der Waals surface area (Å²) >= 11 is 0. The first-order chi connectivity index (χ1) is 9.65. The Hall–Kier alpha value is -2.55. The van der Waals surface area contributed by atoms with Crippen molar-refractivity contribution in [2.75, 3.05) is 5.32 Å². The molecule has 3 heteroatoms. The zero-order valence-corrected chi connectivity index (χ0v) is 11.5. The Labute approximate surface area is 117 Å². The van der Waals surface area contributed by atoms with Crippen molar-refractivity contribution in [3.05, 3.63) is 65.4 Å². The summed E-state index contributed by atoms with van der Waals surface area (Å²) in [6.45, 7) is 4.04. The molecule has 2 aromatic carbocycles. The first kappa shape index (κ1) is 12.5. The first-order valence-electron chi connectivity index (χ1n) is 6.60. The van der Waals surface area contributed by atoms with E-state index in [1.807, 2.05) is 56.4 Å². The van der Waals surface area contributed by atoms with Crippen molar-refractivity contribution in [2.45, 2.75) is 13.8 Å². The van der Waals surface area contributed by atoms with E-state index in [-0.39, 0.29) is 5.91 Å². The van der Waals surface area contributed by atoms with Crippen molar-refractivity contribution in [1.82, 2.24) is 4.98 Å². The summed E-state index contributed by atoms with van der Waals surface area (Å²) in [5.41, 5.74) is 4.63. The molecule has 1 heterocycles. The van der Waals surface area contributed by atoms with E-state index in [1.165, 1.54) is 5.56 Å². The number of para-hydroxylation sites is 1. The van der Waals surface area contributed by atoms with Crippen LogP contribution in [0.25, 0.3) is 10.9 Å². The van der Waals surface area contributed by atoms with Crippen LogP contribution in [-0.2, 0) is 0 Å². The van der Waals surface area contributed by atoms with Gasteiger partial charge in [-0.2, -0.15) is 0 Å². The van der Waals surface area contributed by atoms with E-state index in [0.29, 0.717) is 5.56 Å². The fourth-order valence-corrected chi connectivity index (χ4v) is 2.42. The highest BCUT2D eigenvalue weighted by Gasteiger charge is 2.11. The lowest BCUT2D eigenvalue weighted by Crippen LogP contribution is -2.13. The van der Waals surface area contributed by atoms with Crippen LogP contribution < -0.4 is 5.32 Å². The maximum atomic E-state index is 12.4. The lowest BCUT2D eigenvalue weighted by Gasteiger charge is -2.09. The number of H-pyrrole nitrogens is 1. The maximum absolute atomic E-state index is 12.4. The highest BCUT2D eigenvalue weighted by molar-refractivity contribution is 6.12. The van der Waals surface area contributed by atoms with Crippen molar-refractivity contribution in [2.24, 2.45) is 0 Å². The Bertz CT molecular complexity index is 787. The third-order valence-corrected chi connectivity index (χ3v) is 3.46. The fourth-order valence-electron chi connectivity index (χ4n) is 2.42. The van der Waals surface area contributed by atoms with Gasteiger partial charge in [-0.3, -0.25) is 4.79 Å². The van der Waals surface area contributed by atoms with Crippen molar-refractivity contribution in [1.29, 1.82) is 0 Å². The van der Waals surface area contributed by atoms with Gasteiger partial charge in [-0.1, -0.05) is 29.8 Å². The quantitative estimate of drug-likeness (QED) is 0.721. The summed E-state index contributed by atoms with van der Waals surface area (Å²) in [6, 6.07) is 13.7. The van der Waals surface area contributed by atoms with Gasteiger partial charge in [0.1, 0.15) is 0 Å². The van der Waals surface area contributed by atoms with E-state index in [2.05, 4.69) is 16.4 Å².